The number of amides is 1. The van der Waals surface area contributed by atoms with E-state index in [1.807, 2.05) is 11.8 Å². The Balaban J connectivity index is 0.00000450. The van der Waals surface area contributed by atoms with Crippen molar-refractivity contribution in [3.8, 4) is 0 Å². The number of hydrogen-bond acceptors (Lipinski definition) is 3. The van der Waals surface area contributed by atoms with Crippen LogP contribution in [0.15, 0.2) is 4.99 Å². The fraction of sp³-hybridized carbons (Fsp3) is 0.900. The van der Waals surface area contributed by atoms with Gasteiger partial charge in [0.25, 0.3) is 0 Å². The van der Waals surface area contributed by atoms with Crippen molar-refractivity contribution in [2.45, 2.75) is 64.1 Å². The summed E-state index contributed by atoms with van der Waals surface area (Å²) in [6.07, 6.45) is 2.85. The van der Waals surface area contributed by atoms with Gasteiger partial charge in [0.15, 0.2) is 5.96 Å². The molecule has 1 saturated heterocycles. The zero-order chi connectivity index (χ0) is 21.3. The SMILES string of the molecule is CCNC(=NCCCN(C)CC(F)(F)F)NC1CCN(C(=O)C2CCCCC2)C1.I. The number of aliphatic imine (C=N–C) groups is 1. The fourth-order valence-corrected chi connectivity index (χ4v) is 4.12. The van der Waals surface area contributed by atoms with Crippen molar-refractivity contribution in [3.63, 3.8) is 0 Å². The van der Waals surface area contributed by atoms with Crippen molar-refractivity contribution in [3.05, 3.63) is 0 Å². The highest BCUT2D eigenvalue weighted by Gasteiger charge is 2.32. The van der Waals surface area contributed by atoms with Gasteiger partial charge in [0.05, 0.1) is 6.54 Å². The molecule has 176 valence electrons. The van der Waals surface area contributed by atoms with E-state index in [0.717, 1.165) is 38.6 Å². The Kier molecular flexibility index (Phi) is 12.3. The van der Waals surface area contributed by atoms with E-state index in [-0.39, 0.29) is 35.9 Å². The molecule has 0 aromatic carbocycles. The molecule has 1 heterocycles. The molecule has 10 heteroatoms. The van der Waals surface area contributed by atoms with Gasteiger partial charge in [0.2, 0.25) is 5.91 Å². The number of likely N-dealkylation sites (tertiary alicyclic amines) is 1. The first-order valence-electron chi connectivity index (χ1n) is 10.9. The van der Waals surface area contributed by atoms with Crippen molar-refractivity contribution >= 4 is 35.8 Å². The van der Waals surface area contributed by atoms with E-state index in [9.17, 15) is 18.0 Å². The first-order chi connectivity index (χ1) is 13.8. The minimum atomic E-state index is -4.17. The van der Waals surface area contributed by atoms with Crippen LogP contribution >= 0.6 is 24.0 Å². The third-order valence-corrected chi connectivity index (χ3v) is 5.56. The molecule has 0 spiro atoms. The van der Waals surface area contributed by atoms with Crippen LogP contribution < -0.4 is 10.6 Å². The van der Waals surface area contributed by atoms with Gasteiger partial charge in [-0.25, -0.2) is 0 Å². The van der Waals surface area contributed by atoms with Crippen molar-refractivity contribution in [2.24, 2.45) is 10.9 Å². The lowest BCUT2D eigenvalue weighted by atomic mass is 9.88. The summed E-state index contributed by atoms with van der Waals surface area (Å²) in [5.41, 5.74) is 0. The maximum absolute atomic E-state index is 12.7. The number of carbonyl (C=O) groups excluding carboxylic acids is 1. The van der Waals surface area contributed by atoms with Crippen LogP contribution in [-0.4, -0.2) is 80.2 Å². The number of hydrogen-bond donors (Lipinski definition) is 2. The van der Waals surface area contributed by atoms with Gasteiger partial charge in [-0.3, -0.25) is 14.7 Å². The highest BCUT2D eigenvalue weighted by Crippen LogP contribution is 2.26. The summed E-state index contributed by atoms with van der Waals surface area (Å²) < 4.78 is 37.1. The largest absolute Gasteiger partial charge is 0.401 e. The Morgan fingerprint density at radius 2 is 1.90 bits per heavy atom. The monoisotopic (exact) mass is 547 g/mol. The van der Waals surface area contributed by atoms with Gasteiger partial charge < -0.3 is 15.5 Å². The Bertz CT molecular complexity index is 541. The molecular formula is C20H37F3IN5O. The normalized spacial score (nSPS) is 20.9. The third kappa shape index (κ3) is 10.0. The Labute approximate surface area is 195 Å². The zero-order valence-corrected chi connectivity index (χ0v) is 20.5. The summed E-state index contributed by atoms with van der Waals surface area (Å²) in [5, 5.41) is 6.57. The lowest BCUT2D eigenvalue weighted by Crippen LogP contribution is -2.45. The number of guanidine groups is 1. The van der Waals surface area contributed by atoms with Crippen molar-refractivity contribution < 1.29 is 18.0 Å². The highest BCUT2D eigenvalue weighted by molar-refractivity contribution is 14.0. The number of carbonyl (C=O) groups is 1. The summed E-state index contributed by atoms with van der Waals surface area (Å²) >= 11 is 0. The third-order valence-electron chi connectivity index (χ3n) is 5.56. The van der Waals surface area contributed by atoms with E-state index in [2.05, 4.69) is 15.6 Å². The maximum atomic E-state index is 12.7. The second kappa shape index (κ2) is 13.6. The fourth-order valence-electron chi connectivity index (χ4n) is 4.12. The van der Waals surface area contributed by atoms with Crippen LogP contribution in [0.3, 0.4) is 0 Å². The van der Waals surface area contributed by atoms with Crippen LogP contribution in [0.1, 0.15) is 51.9 Å². The van der Waals surface area contributed by atoms with Crippen LogP contribution in [0, 0.1) is 5.92 Å². The number of halogens is 4. The number of rotatable bonds is 8. The molecule has 6 nitrogen and oxygen atoms in total. The molecule has 2 aliphatic rings. The molecule has 1 unspecified atom stereocenters. The molecular weight excluding hydrogens is 510 g/mol. The van der Waals surface area contributed by atoms with Crippen LogP contribution in [-0.2, 0) is 4.79 Å². The topological polar surface area (TPSA) is 60.0 Å². The molecule has 1 aliphatic carbocycles. The van der Waals surface area contributed by atoms with Gasteiger partial charge in [-0.1, -0.05) is 19.3 Å². The quantitative estimate of drug-likeness (QED) is 0.212. The summed E-state index contributed by atoms with van der Waals surface area (Å²) in [6.45, 7) is 4.04. The van der Waals surface area contributed by atoms with E-state index < -0.39 is 12.7 Å². The molecule has 0 aromatic rings. The molecule has 0 radical (unpaired) electrons. The van der Waals surface area contributed by atoms with Crippen molar-refractivity contribution in [1.82, 2.24) is 20.4 Å². The second-order valence-corrected chi connectivity index (χ2v) is 8.22. The van der Waals surface area contributed by atoms with Gasteiger partial charge in [0.1, 0.15) is 0 Å². The Morgan fingerprint density at radius 1 is 1.20 bits per heavy atom. The molecule has 0 aromatic heterocycles. The molecule has 1 atom stereocenters. The van der Waals surface area contributed by atoms with Crippen LogP contribution in [0.4, 0.5) is 13.2 Å². The maximum Gasteiger partial charge on any atom is 0.401 e. The van der Waals surface area contributed by atoms with Gasteiger partial charge in [-0.15, -0.1) is 24.0 Å². The summed E-state index contributed by atoms with van der Waals surface area (Å²) in [6, 6.07) is 0.160. The van der Waals surface area contributed by atoms with E-state index >= 15 is 0 Å². The molecule has 1 amide bonds. The van der Waals surface area contributed by atoms with Crippen LogP contribution in [0.2, 0.25) is 0 Å². The van der Waals surface area contributed by atoms with Gasteiger partial charge in [-0.05, 0) is 46.2 Å². The van der Waals surface area contributed by atoms with E-state index in [0.29, 0.717) is 44.5 Å². The van der Waals surface area contributed by atoms with E-state index in [4.69, 9.17) is 0 Å². The highest BCUT2D eigenvalue weighted by atomic mass is 127. The van der Waals surface area contributed by atoms with Gasteiger partial charge in [-0.2, -0.15) is 13.2 Å². The number of nitrogens with zero attached hydrogens (tertiary/aromatic N) is 3. The molecule has 1 aliphatic heterocycles. The minimum Gasteiger partial charge on any atom is -0.357 e. The summed E-state index contributed by atoms with van der Waals surface area (Å²) in [5.74, 6) is 1.16. The standard InChI is InChI=1S/C20H36F3N5O.HI/c1-3-24-19(25-11-7-12-27(2)15-20(21,22)23)26-17-10-13-28(14-17)18(29)16-8-5-4-6-9-16;/h16-17H,3-15H2,1-2H3,(H2,24,25,26);1H. The first kappa shape index (κ1) is 27.3. The van der Waals surface area contributed by atoms with Gasteiger partial charge >= 0.3 is 6.18 Å². The van der Waals surface area contributed by atoms with Crippen LogP contribution in [0.25, 0.3) is 0 Å². The molecule has 0 bridgehead atoms. The zero-order valence-electron chi connectivity index (χ0n) is 18.1. The average Bonchev–Trinajstić information content (AvgIpc) is 3.12. The van der Waals surface area contributed by atoms with Crippen molar-refractivity contribution in [2.75, 3.05) is 46.3 Å². The predicted octanol–water partition coefficient (Wildman–Crippen LogP) is 3.22. The lowest BCUT2D eigenvalue weighted by Gasteiger charge is -2.26. The molecule has 1 saturated carbocycles. The van der Waals surface area contributed by atoms with E-state index in [1.54, 1.807) is 0 Å². The number of nitrogens with one attached hydrogen (secondary N) is 2. The summed E-state index contributed by atoms with van der Waals surface area (Å²) in [4.78, 5) is 20.4. The average molecular weight is 547 g/mol. The Hall–Kier alpha value is -0.780. The van der Waals surface area contributed by atoms with Gasteiger partial charge in [0, 0.05) is 38.1 Å². The minimum absolute atomic E-state index is 0. The predicted molar refractivity (Wildman–Crippen MR) is 124 cm³/mol. The van der Waals surface area contributed by atoms with Crippen molar-refractivity contribution in [1.29, 1.82) is 0 Å². The summed E-state index contributed by atoms with van der Waals surface area (Å²) in [7, 11) is 1.47. The Morgan fingerprint density at radius 3 is 2.53 bits per heavy atom. The second-order valence-electron chi connectivity index (χ2n) is 8.22. The smallest absolute Gasteiger partial charge is 0.357 e. The first-order valence-corrected chi connectivity index (χ1v) is 10.9. The molecule has 2 rings (SSSR count). The number of alkyl halides is 3. The molecule has 2 N–H and O–H groups in total. The van der Waals surface area contributed by atoms with E-state index in [1.165, 1.54) is 18.4 Å². The van der Waals surface area contributed by atoms with Crippen LogP contribution in [0.5, 0.6) is 0 Å². The lowest BCUT2D eigenvalue weighted by molar-refractivity contribution is -0.143. The molecule has 30 heavy (non-hydrogen) atoms. The molecule has 2 fully saturated rings.